The lowest BCUT2D eigenvalue weighted by Gasteiger charge is -2.26. The fourth-order valence-electron chi connectivity index (χ4n) is 2.08. The van der Waals surface area contributed by atoms with Crippen molar-refractivity contribution in [1.29, 1.82) is 0 Å². The first-order valence-electron chi connectivity index (χ1n) is 6.48. The van der Waals surface area contributed by atoms with Gasteiger partial charge in [-0.25, -0.2) is 0 Å². The monoisotopic (exact) mass is 322 g/mol. The number of rotatable bonds is 3. The second-order valence-electron chi connectivity index (χ2n) is 4.85. The average molecular weight is 323 g/mol. The van der Waals surface area contributed by atoms with Crippen molar-refractivity contribution in [3.63, 3.8) is 0 Å². The summed E-state index contributed by atoms with van der Waals surface area (Å²) in [5.41, 5.74) is 7.53. The van der Waals surface area contributed by atoms with Crippen LogP contribution in [-0.4, -0.2) is 17.9 Å². The maximum atomic E-state index is 12.5. The van der Waals surface area contributed by atoms with Gasteiger partial charge in [-0.05, 0) is 36.8 Å². The van der Waals surface area contributed by atoms with Crippen LogP contribution in [0.3, 0.4) is 0 Å². The lowest BCUT2D eigenvalue weighted by atomic mass is 10.1. The minimum Gasteiger partial charge on any atom is -0.398 e. The van der Waals surface area contributed by atoms with Crippen LogP contribution >= 0.6 is 23.2 Å². The van der Waals surface area contributed by atoms with E-state index in [-0.39, 0.29) is 11.9 Å². The molecule has 5 heteroatoms. The number of benzene rings is 2. The molecule has 2 N–H and O–H groups in total. The highest BCUT2D eigenvalue weighted by atomic mass is 35.5. The van der Waals surface area contributed by atoms with E-state index in [1.807, 2.05) is 31.2 Å². The van der Waals surface area contributed by atoms with Crippen LogP contribution in [0.1, 0.15) is 28.9 Å². The van der Waals surface area contributed by atoms with Gasteiger partial charge in [0.25, 0.3) is 5.91 Å². The van der Waals surface area contributed by atoms with Crippen molar-refractivity contribution in [1.82, 2.24) is 4.90 Å². The number of nitrogens with zero attached hydrogens (tertiary/aromatic N) is 1. The number of carbonyl (C=O) groups is 1. The molecule has 0 saturated heterocycles. The van der Waals surface area contributed by atoms with Crippen molar-refractivity contribution in [2.24, 2.45) is 0 Å². The van der Waals surface area contributed by atoms with E-state index < -0.39 is 0 Å². The van der Waals surface area contributed by atoms with Crippen LogP contribution in [0.15, 0.2) is 42.5 Å². The summed E-state index contributed by atoms with van der Waals surface area (Å²) in [6, 6.07) is 12.2. The summed E-state index contributed by atoms with van der Waals surface area (Å²) in [5.74, 6) is -0.134. The number of amides is 1. The van der Waals surface area contributed by atoms with E-state index in [1.165, 1.54) is 0 Å². The summed E-state index contributed by atoms with van der Waals surface area (Å²) in [5, 5.41) is 1.08. The van der Waals surface area contributed by atoms with Gasteiger partial charge >= 0.3 is 0 Å². The van der Waals surface area contributed by atoms with Gasteiger partial charge < -0.3 is 10.6 Å². The molecule has 0 radical (unpaired) electrons. The van der Waals surface area contributed by atoms with Gasteiger partial charge in [0.2, 0.25) is 0 Å². The molecule has 1 amide bonds. The fourth-order valence-corrected chi connectivity index (χ4v) is 2.49. The van der Waals surface area contributed by atoms with Crippen LogP contribution in [0.5, 0.6) is 0 Å². The van der Waals surface area contributed by atoms with E-state index >= 15 is 0 Å². The lowest BCUT2D eigenvalue weighted by molar-refractivity contribution is 0.0743. The minimum atomic E-state index is -0.150. The molecule has 0 heterocycles. The minimum absolute atomic E-state index is 0.134. The molecule has 0 aliphatic rings. The van der Waals surface area contributed by atoms with E-state index in [0.717, 1.165) is 5.56 Å². The third-order valence-corrected chi connectivity index (χ3v) is 4.19. The molecule has 21 heavy (non-hydrogen) atoms. The molecule has 0 aromatic heterocycles. The zero-order valence-electron chi connectivity index (χ0n) is 11.8. The molecule has 2 aromatic carbocycles. The van der Waals surface area contributed by atoms with Crippen LogP contribution in [0, 0.1) is 0 Å². The number of nitrogen functional groups attached to an aromatic ring is 1. The summed E-state index contributed by atoms with van der Waals surface area (Å²) in [7, 11) is 1.74. The van der Waals surface area contributed by atoms with Crippen LogP contribution in [0.25, 0.3) is 0 Å². The average Bonchev–Trinajstić information content (AvgIpc) is 2.48. The van der Waals surface area contributed by atoms with Crippen molar-refractivity contribution >= 4 is 34.8 Å². The molecule has 0 spiro atoms. The Morgan fingerprint density at radius 2 is 1.81 bits per heavy atom. The lowest BCUT2D eigenvalue weighted by Crippen LogP contribution is -2.29. The van der Waals surface area contributed by atoms with Gasteiger partial charge in [-0.15, -0.1) is 0 Å². The molecule has 0 fully saturated rings. The Morgan fingerprint density at radius 1 is 1.14 bits per heavy atom. The normalized spacial score (nSPS) is 12.0. The summed E-state index contributed by atoms with van der Waals surface area (Å²) < 4.78 is 0. The first-order valence-corrected chi connectivity index (χ1v) is 7.24. The molecular formula is C16H16Cl2N2O. The third-order valence-electron chi connectivity index (χ3n) is 3.50. The number of nitrogens with two attached hydrogens (primary N) is 1. The summed E-state index contributed by atoms with van der Waals surface area (Å²) in [6.07, 6.45) is 0. The second-order valence-corrected chi connectivity index (χ2v) is 5.66. The zero-order valence-corrected chi connectivity index (χ0v) is 13.3. The zero-order chi connectivity index (χ0) is 15.6. The number of hydrogen-bond acceptors (Lipinski definition) is 2. The first-order chi connectivity index (χ1) is 9.91. The molecule has 0 bridgehead atoms. The highest BCUT2D eigenvalue weighted by molar-refractivity contribution is 6.33. The van der Waals surface area contributed by atoms with Gasteiger partial charge in [0, 0.05) is 17.6 Å². The third kappa shape index (κ3) is 3.31. The Kier molecular flexibility index (Phi) is 4.76. The number of hydrogen-bond donors (Lipinski definition) is 1. The van der Waals surface area contributed by atoms with Gasteiger partial charge in [-0.2, -0.15) is 0 Å². The molecule has 1 unspecified atom stereocenters. The van der Waals surface area contributed by atoms with Crippen LogP contribution in [0.4, 0.5) is 5.69 Å². The second kappa shape index (κ2) is 6.37. The highest BCUT2D eigenvalue weighted by Crippen LogP contribution is 2.28. The van der Waals surface area contributed by atoms with E-state index in [0.29, 0.717) is 21.3 Å². The SMILES string of the molecule is CC(c1ccccc1Cl)N(C)C(=O)c1ccc(Cl)c(N)c1. The number of carbonyl (C=O) groups excluding carboxylic acids is 1. The van der Waals surface area contributed by atoms with E-state index in [2.05, 4.69) is 0 Å². The molecule has 1 atom stereocenters. The molecular weight excluding hydrogens is 307 g/mol. The Labute approximate surface area is 134 Å². The van der Waals surface area contributed by atoms with Crippen molar-refractivity contribution < 1.29 is 4.79 Å². The Hall–Kier alpha value is -1.71. The Balaban J connectivity index is 2.26. The molecule has 0 aliphatic carbocycles. The topological polar surface area (TPSA) is 46.3 Å². The number of halogens is 2. The van der Waals surface area contributed by atoms with Gasteiger partial charge in [0.15, 0.2) is 0 Å². The predicted molar refractivity (Wildman–Crippen MR) is 87.8 cm³/mol. The predicted octanol–water partition coefficient (Wildman–Crippen LogP) is 4.41. The quantitative estimate of drug-likeness (QED) is 0.851. The molecule has 110 valence electrons. The van der Waals surface area contributed by atoms with E-state index in [1.54, 1.807) is 30.1 Å². The molecule has 2 rings (SSSR count). The standard InChI is InChI=1S/C16H16Cl2N2O/c1-10(12-5-3-4-6-13(12)17)20(2)16(21)11-7-8-14(18)15(19)9-11/h3-10H,19H2,1-2H3. The fraction of sp³-hybridized carbons (Fsp3) is 0.188. The van der Waals surface area contributed by atoms with E-state index in [9.17, 15) is 4.79 Å². The molecule has 0 saturated carbocycles. The van der Waals surface area contributed by atoms with Crippen molar-refractivity contribution in [2.75, 3.05) is 12.8 Å². The van der Waals surface area contributed by atoms with Gasteiger partial charge in [-0.1, -0.05) is 41.4 Å². The Bertz CT molecular complexity index is 673. The first kappa shape index (κ1) is 15.7. The summed E-state index contributed by atoms with van der Waals surface area (Å²) in [6.45, 7) is 1.93. The van der Waals surface area contributed by atoms with Gasteiger partial charge in [0.1, 0.15) is 0 Å². The van der Waals surface area contributed by atoms with Gasteiger partial charge in [-0.3, -0.25) is 4.79 Å². The summed E-state index contributed by atoms with van der Waals surface area (Å²) in [4.78, 5) is 14.1. The number of anilines is 1. The van der Waals surface area contributed by atoms with E-state index in [4.69, 9.17) is 28.9 Å². The molecule has 2 aromatic rings. The molecule has 3 nitrogen and oxygen atoms in total. The van der Waals surface area contributed by atoms with Gasteiger partial charge in [0.05, 0.1) is 16.8 Å². The van der Waals surface area contributed by atoms with Crippen molar-refractivity contribution in [3.05, 3.63) is 63.6 Å². The van der Waals surface area contributed by atoms with Crippen LogP contribution < -0.4 is 5.73 Å². The smallest absolute Gasteiger partial charge is 0.254 e. The highest BCUT2D eigenvalue weighted by Gasteiger charge is 2.20. The van der Waals surface area contributed by atoms with Crippen LogP contribution in [-0.2, 0) is 0 Å². The van der Waals surface area contributed by atoms with Crippen molar-refractivity contribution in [3.8, 4) is 0 Å². The maximum absolute atomic E-state index is 12.5. The summed E-state index contributed by atoms with van der Waals surface area (Å²) >= 11 is 12.1. The Morgan fingerprint density at radius 3 is 2.43 bits per heavy atom. The van der Waals surface area contributed by atoms with Crippen LogP contribution in [0.2, 0.25) is 10.0 Å². The largest absolute Gasteiger partial charge is 0.398 e. The van der Waals surface area contributed by atoms with Crippen molar-refractivity contribution in [2.45, 2.75) is 13.0 Å². The molecule has 0 aliphatic heterocycles. The maximum Gasteiger partial charge on any atom is 0.254 e.